The molecule has 6 nitrogen and oxygen atoms in total. The first kappa shape index (κ1) is 18.4. The third-order valence-electron chi connectivity index (χ3n) is 3.36. The van der Waals surface area contributed by atoms with Crippen LogP contribution in [0.25, 0.3) is 0 Å². The van der Waals surface area contributed by atoms with Crippen LogP contribution in [0.2, 0.25) is 0 Å². The standard InChI is InChI=1S/C17H14BrN5OS2/c18-12-3-1-11(2-4-12)9-19-17(25)21-14-7-5-13(6-8-14)20-16(24)15-10-26-23-22-15/h1-8,10H,9H2,(H,20,24)(H2,19,21,25). The number of halogens is 1. The van der Waals surface area contributed by atoms with E-state index in [2.05, 4.69) is 41.5 Å². The molecule has 0 aliphatic carbocycles. The van der Waals surface area contributed by atoms with Gasteiger partial charge in [-0.25, -0.2) is 0 Å². The van der Waals surface area contributed by atoms with Crippen molar-refractivity contribution in [1.29, 1.82) is 0 Å². The van der Waals surface area contributed by atoms with Crippen molar-refractivity contribution in [3.63, 3.8) is 0 Å². The number of rotatable bonds is 5. The van der Waals surface area contributed by atoms with Gasteiger partial charge in [0, 0.05) is 27.8 Å². The van der Waals surface area contributed by atoms with Crippen LogP contribution in [0.15, 0.2) is 58.4 Å². The van der Waals surface area contributed by atoms with Crippen LogP contribution in [-0.2, 0) is 6.54 Å². The Hall–Kier alpha value is -2.36. The summed E-state index contributed by atoms with van der Waals surface area (Å²) >= 11 is 9.85. The molecule has 3 aromatic rings. The largest absolute Gasteiger partial charge is 0.358 e. The SMILES string of the molecule is O=C(Nc1ccc(NC(=S)NCc2ccc(Br)cc2)cc1)c1csnn1. The Morgan fingerprint density at radius 2 is 1.69 bits per heavy atom. The number of carbonyl (C=O) groups excluding carboxylic acids is 1. The van der Waals surface area contributed by atoms with E-state index in [-0.39, 0.29) is 5.91 Å². The molecule has 9 heteroatoms. The molecule has 3 rings (SSSR count). The van der Waals surface area contributed by atoms with Gasteiger partial charge in [0.15, 0.2) is 10.8 Å². The van der Waals surface area contributed by atoms with Crippen LogP contribution in [0, 0.1) is 0 Å². The molecule has 26 heavy (non-hydrogen) atoms. The Kier molecular flexibility index (Phi) is 6.26. The molecule has 0 saturated carbocycles. The second-order valence-corrected chi connectivity index (χ2v) is 7.19. The van der Waals surface area contributed by atoms with Gasteiger partial charge in [0.25, 0.3) is 5.91 Å². The molecule has 3 N–H and O–H groups in total. The number of anilines is 2. The molecule has 0 unspecified atom stereocenters. The van der Waals surface area contributed by atoms with Crippen LogP contribution in [0.4, 0.5) is 11.4 Å². The maximum atomic E-state index is 11.9. The molecular weight excluding hydrogens is 434 g/mol. The fourth-order valence-corrected chi connectivity index (χ4v) is 2.95. The number of nitrogens with one attached hydrogen (secondary N) is 3. The van der Waals surface area contributed by atoms with E-state index in [1.54, 1.807) is 17.5 Å². The molecule has 1 aromatic heterocycles. The second kappa shape index (κ2) is 8.84. The van der Waals surface area contributed by atoms with Crippen LogP contribution in [-0.4, -0.2) is 20.6 Å². The number of nitrogens with zero attached hydrogens (tertiary/aromatic N) is 2. The van der Waals surface area contributed by atoms with Crippen molar-refractivity contribution in [3.8, 4) is 0 Å². The van der Waals surface area contributed by atoms with Crippen molar-refractivity contribution >= 4 is 62.1 Å². The summed E-state index contributed by atoms with van der Waals surface area (Å²) in [6.07, 6.45) is 0. The molecule has 0 aliphatic heterocycles. The van der Waals surface area contributed by atoms with Gasteiger partial charge in [-0.15, -0.1) is 5.10 Å². The van der Waals surface area contributed by atoms with Gasteiger partial charge in [-0.05, 0) is 65.7 Å². The minimum atomic E-state index is -0.286. The zero-order valence-electron chi connectivity index (χ0n) is 13.4. The molecule has 1 heterocycles. The molecule has 132 valence electrons. The normalized spacial score (nSPS) is 10.2. The van der Waals surface area contributed by atoms with Gasteiger partial charge in [0.05, 0.1) is 0 Å². The topological polar surface area (TPSA) is 78.9 Å². The fourth-order valence-electron chi connectivity index (χ4n) is 2.06. The predicted octanol–water partition coefficient (Wildman–Crippen LogP) is 4.04. The zero-order chi connectivity index (χ0) is 18.4. The number of thiocarbonyl (C=S) groups is 1. The molecule has 2 aromatic carbocycles. The number of hydrogen-bond donors (Lipinski definition) is 3. The molecule has 0 radical (unpaired) electrons. The minimum Gasteiger partial charge on any atom is -0.358 e. The van der Waals surface area contributed by atoms with Crippen molar-refractivity contribution in [3.05, 3.63) is 69.6 Å². The molecule has 1 amide bonds. The number of amides is 1. The van der Waals surface area contributed by atoms with E-state index < -0.39 is 0 Å². The van der Waals surface area contributed by atoms with Crippen molar-refractivity contribution in [2.75, 3.05) is 10.6 Å². The number of benzene rings is 2. The lowest BCUT2D eigenvalue weighted by Gasteiger charge is -2.11. The molecule has 0 atom stereocenters. The summed E-state index contributed by atoms with van der Waals surface area (Å²) in [6.45, 7) is 0.634. The average Bonchev–Trinajstić information content (AvgIpc) is 3.18. The maximum absolute atomic E-state index is 11.9. The highest BCUT2D eigenvalue weighted by Gasteiger charge is 2.08. The number of carbonyl (C=O) groups is 1. The quantitative estimate of drug-likeness (QED) is 0.512. The van der Waals surface area contributed by atoms with Gasteiger partial charge in [-0.2, -0.15) is 0 Å². The van der Waals surface area contributed by atoms with Gasteiger partial charge in [0.2, 0.25) is 0 Å². The van der Waals surface area contributed by atoms with Gasteiger partial charge < -0.3 is 16.0 Å². The predicted molar refractivity (Wildman–Crippen MR) is 112 cm³/mol. The maximum Gasteiger partial charge on any atom is 0.277 e. The van der Waals surface area contributed by atoms with E-state index >= 15 is 0 Å². The summed E-state index contributed by atoms with van der Waals surface area (Å²) in [4.78, 5) is 11.9. The first-order valence-corrected chi connectivity index (χ1v) is 9.62. The van der Waals surface area contributed by atoms with E-state index in [0.29, 0.717) is 23.0 Å². The fraction of sp³-hybridized carbons (Fsp3) is 0.0588. The van der Waals surface area contributed by atoms with Gasteiger partial charge in [-0.3, -0.25) is 4.79 Å². The van der Waals surface area contributed by atoms with Gasteiger partial charge >= 0.3 is 0 Å². The molecular formula is C17H14BrN5OS2. The van der Waals surface area contributed by atoms with E-state index in [9.17, 15) is 4.79 Å². The average molecular weight is 448 g/mol. The number of aromatic nitrogens is 2. The third kappa shape index (κ3) is 5.32. The van der Waals surface area contributed by atoms with Crippen LogP contribution in [0.5, 0.6) is 0 Å². The van der Waals surface area contributed by atoms with Crippen molar-refractivity contribution < 1.29 is 4.79 Å². The van der Waals surface area contributed by atoms with Crippen LogP contribution >= 0.6 is 39.7 Å². The number of hydrogen-bond acceptors (Lipinski definition) is 5. The van der Waals surface area contributed by atoms with E-state index in [1.165, 1.54) is 0 Å². The molecule has 0 aliphatic rings. The molecule has 0 spiro atoms. The lowest BCUT2D eigenvalue weighted by molar-refractivity contribution is 0.102. The first-order chi connectivity index (χ1) is 12.6. The lowest BCUT2D eigenvalue weighted by atomic mass is 10.2. The van der Waals surface area contributed by atoms with E-state index in [4.69, 9.17) is 12.2 Å². The van der Waals surface area contributed by atoms with E-state index in [1.807, 2.05) is 36.4 Å². The smallest absolute Gasteiger partial charge is 0.277 e. The van der Waals surface area contributed by atoms with E-state index in [0.717, 1.165) is 27.3 Å². The Morgan fingerprint density at radius 3 is 2.31 bits per heavy atom. The molecule has 0 saturated heterocycles. The molecule has 0 fully saturated rings. The highest BCUT2D eigenvalue weighted by molar-refractivity contribution is 9.10. The van der Waals surface area contributed by atoms with Crippen LogP contribution < -0.4 is 16.0 Å². The summed E-state index contributed by atoms with van der Waals surface area (Å²) in [7, 11) is 0. The third-order valence-corrected chi connectivity index (χ3v) is 4.64. The van der Waals surface area contributed by atoms with Crippen molar-refractivity contribution in [2.45, 2.75) is 6.54 Å². The molecule has 0 bridgehead atoms. The van der Waals surface area contributed by atoms with Crippen molar-refractivity contribution in [2.24, 2.45) is 0 Å². The highest BCUT2D eigenvalue weighted by Crippen LogP contribution is 2.15. The summed E-state index contributed by atoms with van der Waals surface area (Å²) in [5, 5.41) is 14.9. The second-order valence-electron chi connectivity index (χ2n) is 5.26. The van der Waals surface area contributed by atoms with Crippen molar-refractivity contribution in [1.82, 2.24) is 14.9 Å². The zero-order valence-corrected chi connectivity index (χ0v) is 16.6. The summed E-state index contributed by atoms with van der Waals surface area (Å²) in [5.41, 5.74) is 2.93. The van der Waals surface area contributed by atoms with Crippen LogP contribution in [0.3, 0.4) is 0 Å². The highest BCUT2D eigenvalue weighted by atomic mass is 79.9. The van der Waals surface area contributed by atoms with Gasteiger partial charge in [-0.1, -0.05) is 32.6 Å². The Balaban J connectivity index is 1.49. The Morgan fingerprint density at radius 1 is 1.04 bits per heavy atom. The van der Waals surface area contributed by atoms with Crippen LogP contribution in [0.1, 0.15) is 16.1 Å². The van der Waals surface area contributed by atoms with Gasteiger partial charge in [0.1, 0.15) is 0 Å². The Bertz CT molecular complexity index is 883. The first-order valence-electron chi connectivity index (χ1n) is 7.58. The summed E-state index contributed by atoms with van der Waals surface area (Å²) in [5.74, 6) is -0.286. The summed E-state index contributed by atoms with van der Waals surface area (Å²) < 4.78 is 4.71. The minimum absolute atomic E-state index is 0.286. The summed E-state index contributed by atoms with van der Waals surface area (Å²) in [6, 6.07) is 15.3. The monoisotopic (exact) mass is 447 g/mol. The Labute approximate surface area is 168 Å². The lowest BCUT2D eigenvalue weighted by Crippen LogP contribution is -2.27.